The number of esters is 1. The molecule has 8 nitrogen and oxygen atoms in total. The Morgan fingerprint density at radius 1 is 1.35 bits per heavy atom. The van der Waals surface area contributed by atoms with Crippen LogP contribution in [0.5, 0.6) is 5.75 Å². The molecule has 4 N–H and O–H groups in total. The van der Waals surface area contributed by atoms with Crippen LogP contribution in [0.15, 0.2) is 24.3 Å². The Morgan fingerprint density at radius 3 is 2.38 bits per heavy atom. The molecule has 142 valence electrons. The summed E-state index contributed by atoms with van der Waals surface area (Å²) in [5, 5.41) is 17.5. The molecule has 1 aromatic rings. The Hall–Kier alpha value is -2.52. The highest BCUT2D eigenvalue weighted by molar-refractivity contribution is 7.80. The lowest BCUT2D eigenvalue weighted by atomic mass is 10.1. The Kier molecular flexibility index (Phi) is 8.14. The number of likely N-dealkylation sites (tertiary alicyclic amines) is 1. The summed E-state index contributed by atoms with van der Waals surface area (Å²) in [6.07, 6.45) is 0.879. The van der Waals surface area contributed by atoms with Crippen LogP contribution in [0.25, 0.3) is 0 Å². The van der Waals surface area contributed by atoms with E-state index in [-0.39, 0.29) is 18.1 Å². The highest BCUT2D eigenvalue weighted by atomic mass is 32.1. The molecule has 1 aliphatic heterocycles. The maximum Gasteiger partial charge on any atom is 0.333 e. The van der Waals surface area contributed by atoms with E-state index >= 15 is 0 Å². The normalized spacial score (nSPS) is 17.1. The quantitative estimate of drug-likeness (QED) is 0.507. The number of carboxylic acids is 1. The predicted molar refractivity (Wildman–Crippen MR) is 97.8 cm³/mol. The fourth-order valence-electron chi connectivity index (χ4n) is 2.35. The van der Waals surface area contributed by atoms with Crippen LogP contribution < -0.4 is 5.73 Å². The van der Waals surface area contributed by atoms with Gasteiger partial charge in [-0.1, -0.05) is 24.4 Å². The van der Waals surface area contributed by atoms with Gasteiger partial charge in [0.15, 0.2) is 6.04 Å². The van der Waals surface area contributed by atoms with E-state index in [0.29, 0.717) is 17.8 Å². The van der Waals surface area contributed by atoms with Crippen LogP contribution in [-0.2, 0) is 25.5 Å². The molecule has 26 heavy (non-hydrogen) atoms. The van der Waals surface area contributed by atoms with E-state index in [1.807, 2.05) is 0 Å². The average molecular weight is 382 g/mol. The number of thiocarbonyl (C=S) groups is 1. The van der Waals surface area contributed by atoms with Gasteiger partial charge in [0.05, 0.1) is 7.11 Å². The van der Waals surface area contributed by atoms with Gasteiger partial charge in [-0.3, -0.25) is 9.59 Å². The Balaban J connectivity index is 0.000000260. The molecule has 1 aromatic carbocycles. The highest BCUT2D eigenvalue weighted by Gasteiger charge is 2.37. The summed E-state index contributed by atoms with van der Waals surface area (Å²) in [6.45, 7) is 1.94. The van der Waals surface area contributed by atoms with Crippen molar-refractivity contribution >= 4 is 34.9 Å². The Labute approximate surface area is 156 Å². The van der Waals surface area contributed by atoms with Crippen molar-refractivity contribution in [1.29, 1.82) is 0 Å². The first-order chi connectivity index (χ1) is 12.2. The minimum atomic E-state index is -1.02. The molecule has 0 bridgehead atoms. The number of hydrogen-bond donors (Lipinski definition) is 3. The lowest BCUT2D eigenvalue weighted by Crippen LogP contribution is -2.42. The third-order valence-electron chi connectivity index (χ3n) is 3.75. The average Bonchev–Trinajstić information content (AvgIpc) is 2.98. The molecule has 9 heteroatoms. The van der Waals surface area contributed by atoms with Gasteiger partial charge in [-0.15, -0.1) is 0 Å². The monoisotopic (exact) mass is 382 g/mol. The number of aliphatic carboxylic acids is 1. The molecule has 1 saturated heterocycles. The van der Waals surface area contributed by atoms with E-state index in [2.05, 4.69) is 4.74 Å². The molecule has 1 unspecified atom stereocenters. The number of phenolic OH excluding ortho intramolecular Hbond substituents is 1. The van der Waals surface area contributed by atoms with Gasteiger partial charge in [0.2, 0.25) is 5.91 Å². The molecular weight excluding hydrogens is 360 g/mol. The van der Waals surface area contributed by atoms with Gasteiger partial charge >= 0.3 is 11.9 Å². The van der Waals surface area contributed by atoms with Gasteiger partial charge in [-0.2, -0.15) is 0 Å². The summed E-state index contributed by atoms with van der Waals surface area (Å²) in [7, 11) is 1.29. The number of rotatable bonds is 4. The lowest BCUT2D eigenvalue weighted by Gasteiger charge is -2.20. The van der Waals surface area contributed by atoms with E-state index in [4.69, 9.17) is 28.2 Å². The van der Waals surface area contributed by atoms with Crippen molar-refractivity contribution in [3.8, 4) is 5.75 Å². The maximum absolute atomic E-state index is 11.2. The van der Waals surface area contributed by atoms with E-state index in [1.54, 1.807) is 12.1 Å². The second-order valence-corrected chi connectivity index (χ2v) is 6.19. The number of ether oxygens (including phenoxy) is 1. The third-order valence-corrected chi connectivity index (χ3v) is 4.18. The van der Waals surface area contributed by atoms with Gasteiger partial charge < -0.3 is 25.6 Å². The summed E-state index contributed by atoms with van der Waals surface area (Å²) in [5.41, 5.74) is 6.12. The van der Waals surface area contributed by atoms with Crippen molar-refractivity contribution in [3.05, 3.63) is 29.8 Å². The Bertz CT molecular complexity index is 676. The molecule has 0 aromatic heterocycles. The third kappa shape index (κ3) is 6.08. The van der Waals surface area contributed by atoms with Crippen LogP contribution in [0.3, 0.4) is 0 Å². The van der Waals surface area contributed by atoms with Crippen LogP contribution in [-0.4, -0.2) is 63.6 Å². The van der Waals surface area contributed by atoms with E-state index < -0.39 is 24.0 Å². The number of nitrogens with zero attached hydrogens (tertiary/aromatic N) is 1. The van der Waals surface area contributed by atoms with Gasteiger partial charge in [-0.05, 0) is 30.5 Å². The van der Waals surface area contributed by atoms with Gasteiger partial charge in [0, 0.05) is 18.3 Å². The number of carbonyl (C=O) groups excluding carboxylic acids is 2. The van der Waals surface area contributed by atoms with E-state index in [0.717, 1.165) is 5.56 Å². The Morgan fingerprint density at radius 2 is 1.92 bits per heavy atom. The molecule has 1 heterocycles. The molecule has 1 fully saturated rings. The number of methoxy groups -OCH3 is 1. The summed E-state index contributed by atoms with van der Waals surface area (Å²) in [5.74, 6) is -1.45. The first kappa shape index (κ1) is 21.5. The summed E-state index contributed by atoms with van der Waals surface area (Å²) < 4.78 is 4.56. The molecule has 1 aliphatic rings. The zero-order chi connectivity index (χ0) is 19.9. The van der Waals surface area contributed by atoms with Crippen LogP contribution in [0.1, 0.15) is 18.9 Å². The fraction of sp³-hybridized carbons (Fsp3) is 0.412. The first-order valence-electron chi connectivity index (χ1n) is 7.81. The zero-order valence-corrected chi connectivity index (χ0v) is 15.4. The van der Waals surface area contributed by atoms with Crippen LogP contribution >= 0.6 is 12.2 Å². The minimum absolute atomic E-state index is 0.143. The summed E-state index contributed by atoms with van der Waals surface area (Å²) in [4.78, 5) is 34.7. The van der Waals surface area contributed by atoms with Crippen molar-refractivity contribution in [2.45, 2.75) is 31.8 Å². The molecule has 0 saturated carbocycles. The summed E-state index contributed by atoms with van der Waals surface area (Å²) >= 11 is 4.98. The molecule has 1 amide bonds. The predicted octanol–water partition coefficient (Wildman–Crippen LogP) is 0.497. The lowest BCUT2D eigenvalue weighted by molar-refractivity contribution is -0.148. The molecule has 2 atom stereocenters. The smallest absolute Gasteiger partial charge is 0.333 e. The van der Waals surface area contributed by atoms with Gasteiger partial charge in [0.1, 0.15) is 11.8 Å². The van der Waals surface area contributed by atoms with Crippen molar-refractivity contribution < 1.29 is 29.3 Å². The van der Waals surface area contributed by atoms with Gasteiger partial charge in [0.25, 0.3) is 0 Å². The number of hydrogen-bond acceptors (Lipinski definition) is 7. The largest absolute Gasteiger partial charge is 0.508 e. The second kappa shape index (κ2) is 9.83. The highest BCUT2D eigenvalue weighted by Crippen LogP contribution is 2.16. The van der Waals surface area contributed by atoms with Crippen molar-refractivity contribution in [2.75, 3.05) is 13.7 Å². The van der Waals surface area contributed by atoms with Crippen LogP contribution in [0, 0.1) is 0 Å². The second-order valence-electron chi connectivity index (χ2n) is 5.67. The van der Waals surface area contributed by atoms with Crippen molar-refractivity contribution in [3.63, 3.8) is 0 Å². The zero-order valence-electron chi connectivity index (χ0n) is 14.5. The summed E-state index contributed by atoms with van der Waals surface area (Å²) in [6, 6.07) is 4.78. The maximum atomic E-state index is 11.2. The van der Waals surface area contributed by atoms with Crippen LogP contribution in [0.2, 0.25) is 0 Å². The van der Waals surface area contributed by atoms with Crippen LogP contribution in [0.4, 0.5) is 0 Å². The molecule has 2 rings (SSSR count). The molecular formula is C17H22N2O6S. The van der Waals surface area contributed by atoms with Crippen molar-refractivity contribution in [1.82, 2.24) is 4.90 Å². The number of nitrogens with two attached hydrogens (primary N) is 1. The number of phenols is 1. The van der Waals surface area contributed by atoms with E-state index in [1.165, 1.54) is 31.1 Å². The topological polar surface area (TPSA) is 130 Å². The fourth-order valence-corrected chi connectivity index (χ4v) is 2.67. The van der Waals surface area contributed by atoms with Crippen molar-refractivity contribution in [2.24, 2.45) is 5.73 Å². The van der Waals surface area contributed by atoms with E-state index in [9.17, 15) is 14.4 Å². The number of carboxylic acid groups (broad SMARTS) is 1. The SMILES string of the molecule is COC(=O)[C@@H]1C(=S)CCN1C(C)=O.NC(Cc1ccc(O)cc1)C(=O)O. The minimum Gasteiger partial charge on any atom is -0.508 e. The number of amides is 1. The van der Waals surface area contributed by atoms with Gasteiger partial charge in [-0.25, -0.2) is 4.79 Å². The molecule has 0 aliphatic carbocycles. The first-order valence-corrected chi connectivity index (χ1v) is 8.22. The standard InChI is InChI=1S/C9H11NO3.C8H11NO3S/c10-8(9(12)13)5-6-1-3-7(11)4-2-6;1-5(10)9-4-3-6(13)7(9)8(11)12-2/h1-4,8,11H,5,10H2,(H,12,13);7H,3-4H2,1-2H3/t;7-/m.0/s1. The number of benzene rings is 1. The molecule has 0 spiro atoms. The molecule has 0 radical (unpaired) electrons. The number of carbonyl (C=O) groups is 3. The number of aromatic hydroxyl groups is 1.